The fraction of sp³-hybridized carbons (Fsp3) is 1.00. The molecular formula is C17H29N. The van der Waals surface area contributed by atoms with Gasteiger partial charge in [-0.2, -0.15) is 0 Å². The van der Waals surface area contributed by atoms with Gasteiger partial charge in [-0.1, -0.05) is 6.42 Å². The molecule has 1 heteroatoms. The predicted octanol–water partition coefficient (Wildman–Crippen LogP) is 3.84. The zero-order chi connectivity index (χ0) is 12.3. The Labute approximate surface area is 112 Å². The van der Waals surface area contributed by atoms with Crippen molar-refractivity contribution in [1.82, 2.24) is 5.32 Å². The molecule has 1 N–H and O–H groups in total. The molecule has 0 saturated heterocycles. The van der Waals surface area contributed by atoms with Crippen molar-refractivity contribution in [3.63, 3.8) is 0 Å². The molecule has 1 nitrogen and oxygen atoms in total. The van der Waals surface area contributed by atoms with Crippen LogP contribution in [0.15, 0.2) is 0 Å². The summed E-state index contributed by atoms with van der Waals surface area (Å²) < 4.78 is 0. The Balaban J connectivity index is 1.64. The molecule has 0 amide bonds. The lowest BCUT2D eigenvalue weighted by Gasteiger charge is -2.64. The molecule has 0 aliphatic heterocycles. The van der Waals surface area contributed by atoms with E-state index in [-0.39, 0.29) is 0 Å². The van der Waals surface area contributed by atoms with Crippen molar-refractivity contribution < 1.29 is 0 Å². The van der Waals surface area contributed by atoms with Crippen molar-refractivity contribution in [1.29, 1.82) is 0 Å². The van der Waals surface area contributed by atoms with Crippen LogP contribution in [0, 0.1) is 35.0 Å². The van der Waals surface area contributed by atoms with Gasteiger partial charge in [-0.25, -0.2) is 0 Å². The second kappa shape index (κ2) is 3.98. The van der Waals surface area contributed by atoms with Crippen LogP contribution in [0.1, 0.15) is 58.3 Å². The van der Waals surface area contributed by atoms with Crippen LogP contribution in [0.5, 0.6) is 0 Å². The van der Waals surface area contributed by atoms with E-state index < -0.39 is 0 Å². The third kappa shape index (κ3) is 1.43. The maximum Gasteiger partial charge on any atom is 0.00950 e. The summed E-state index contributed by atoms with van der Waals surface area (Å²) in [7, 11) is 2.18. The quantitative estimate of drug-likeness (QED) is 0.799. The number of nitrogens with one attached hydrogen (secondary N) is 1. The first-order chi connectivity index (χ1) is 8.73. The van der Waals surface area contributed by atoms with Gasteiger partial charge in [0.2, 0.25) is 0 Å². The first-order valence-corrected chi connectivity index (χ1v) is 8.40. The molecule has 0 aromatic rings. The molecule has 4 bridgehead atoms. The van der Waals surface area contributed by atoms with Crippen LogP contribution in [-0.4, -0.2) is 13.1 Å². The smallest absolute Gasteiger partial charge is 0.00950 e. The van der Waals surface area contributed by atoms with E-state index in [9.17, 15) is 0 Å². The molecule has 5 rings (SSSR count). The number of rotatable bonds is 3. The molecule has 1 atom stereocenters. The molecule has 5 saturated carbocycles. The van der Waals surface area contributed by atoms with E-state index in [2.05, 4.69) is 19.3 Å². The summed E-state index contributed by atoms with van der Waals surface area (Å²) in [5.74, 6) is 5.56. The predicted molar refractivity (Wildman–Crippen MR) is 75.3 cm³/mol. The minimum atomic E-state index is 0.692. The summed E-state index contributed by atoms with van der Waals surface area (Å²) in [5.41, 5.74) is 0.692. The van der Waals surface area contributed by atoms with E-state index in [1.807, 2.05) is 0 Å². The van der Waals surface area contributed by atoms with Gasteiger partial charge in [0.25, 0.3) is 0 Å². The molecule has 0 aromatic carbocycles. The SMILES string of the molecule is CNC(C)C1(C2C3CC4CC(C3)CC2C4)CCC1. The van der Waals surface area contributed by atoms with Gasteiger partial charge < -0.3 is 5.32 Å². The molecule has 5 fully saturated rings. The highest BCUT2D eigenvalue weighted by atomic mass is 14.9. The first kappa shape index (κ1) is 11.8. The zero-order valence-electron chi connectivity index (χ0n) is 12.1. The summed E-state index contributed by atoms with van der Waals surface area (Å²) >= 11 is 0. The lowest BCUT2D eigenvalue weighted by atomic mass is 9.42. The topological polar surface area (TPSA) is 12.0 Å². The Bertz CT molecular complexity index is 303. The second-order valence-electron chi connectivity index (χ2n) is 8.05. The lowest BCUT2D eigenvalue weighted by Crippen LogP contribution is -2.59. The Morgan fingerprint density at radius 2 is 1.50 bits per heavy atom. The largest absolute Gasteiger partial charge is 0.317 e. The van der Waals surface area contributed by atoms with Crippen LogP contribution >= 0.6 is 0 Å². The first-order valence-electron chi connectivity index (χ1n) is 8.40. The molecule has 18 heavy (non-hydrogen) atoms. The van der Waals surface area contributed by atoms with Gasteiger partial charge in [-0.15, -0.1) is 0 Å². The van der Waals surface area contributed by atoms with Crippen LogP contribution < -0.4 is 5.32 Å². The number of hydrogen-bond acceptors (Lipinski definition) is 1. The summed E-state index contributed by atoms with van der Waals surface area (Å²) in [6.07, 6.45) is 12.5. The monoisotopic (exact) mass is 247 g/mol. The fourth-order valence-corrected chi connectivity index (χ4v) is 6.79. The highest BCUT2D eigenvalue weighted by Gasteiger charge is 2.58. The normalized spacial score (nSPS) is 50.0. The Morgan fingerprint density at radius 1 is 0.944 bits per heavy atom. The van der Waals surface area contributed by atoms with Crippen LogP contribution in [0.4, 0.5) is 0 Å². The third-order valence-electron chi connectivity index (χ3n) is 7.47. The minimum Gasteiger partial charge on any atom is -0.317 e. The Hall–Kier alpha value is -0.0400. The highest BCUT2D eigenvalue weighted by molar-refractivity contribution is 5.09. The van der Waals surface area contributed by atoms with Crippen molar-refractivity contribution in [3.05, 3.63) is 0 Å². The fourth-order valence-electron chi connectivity index (χ4n) is 6.79. The molecule has 1 unspecified atom stereocenters. The molecular weight excluding hydrogens is 218 g/mol. The van der Waals surface area contributed by atoms with Gasteiger partial charge in [0.1, 0.15) is 0 Å². The van der Waals surface area contributed by atoms with Crippen molar-refractivity contribution >= 4 is 0 Å². The molecule has 102 valence electrons. The molecule has 5 aliphatic carbocycles. The van der Waals surface area contributed by atoms with Crippen LogP contribution in [0.2, 0.25) is 0 Å². The minimum absolute atomic E-state index is 0.692. The van der Waals surface area contributed by atoms with Gasteiger partial charge in [0.05, 0.1) is 0 Å². The van der Waals surface area contributed by atoms with Crippen LogP contribution in [0.3, 0.4) is 0 Å². The summed E-state index contributed by atoms with van der Waals surface area (Å²) in [4.78, 5) is 0. The van der Waals surface area contributed by atoms with Crippen molar-refractivity contribution in [2.45, 2.75) is 64.3 Å². The summed E-state index contributed by atoms with van der Waals surface area (Å²) in [5, 5.41) is 3.62. The molecule has 0 radical (unpaired) electrons. The Kier molecular flexibility index (Phi) is 2.60. The van der Waals surface area contributed by atoms with E-state index >= 15 is 0 Å². The highest BCUT2D eigenvalue weighted by Crippen LogP contribution is 2.65. The molecule has 5 aliphatic rings. The average molecular weight is 247 g/mol. The van der Waals surface area contributed by atoms with E-state index in [1.54, 1.807) is 32.1 Å². The van der Waals surface area contributed by atoms with Crippen molar-refractivity contribution in [3.8, 4) is 0 Å². The molecule has 0 spiro atoms. The second-order valence-corrected chi connectivity index (χ2v) is 8.05. The van der Waals surface area contributed by atoms with Gasteiger partial charge in [-0.3, -0.25) is 0 Å². The van der Waals surface area contributed by atoms with Crippen molar-refractivity contribution in [2.75, 3.05) is 7.05 Å². The maximum atomic E-state index is 3.62. The summed E-state index contributed by atoms with van der Waals surface area (Å²) in [6.45, 7) is 2.46. The van der Waals surface area contributed by atoms with E-state index in [4.69, 9.17) is 0 Å². The van der Waals surface area contributed by atoms with Crippen LogP contribution in [0.25, 0.3) is 0 Å². The average Bonchev–Trinajstić information content (AvgIpc) is 2.29. The van der Waals surface area contributed by atoms with E-state index in [1.165, 1.54) is 19.3 Å². The van der Waals surface area contributed by atoms with Gasteiger partial charge in [-0.05, 0) is 93.9 Å². The number of hydrogen-bond donors (Lipinski definition) is 1. The Morgan fingerprint density at radius 3 is 1.89 bits per heavy atom. The summed E-state index contributed by atoms with van der Waals surface area (Å²) in [6, 6.07) is 0.744. The van der Waals surface area contributed by atoms with Crippen LogP contribution in [-0.2, 0) is 0 Å². The molecule has 0 aromatic heterocycles. The molecule has 0 heterocycles. The van der Waals surface area contributed by atoms with Crippen molar-refractivity contribution in [2.24, 2.45) is 35.0 Å². The maximum absolute atomic E-state index is 3.62. The third-order valence-corrected chi connectivity index (χ3v) is 7.47. The van der Waals surface area contributed by atoms with Gasteiger partial charge in [0.15, 0.2) is 0 Å². The van der Waals surface area contributed by atoms with Gasteiger partial charge in [0, 0.05) is 6.04 Å². The zero-order valence-corrected chi connectivity index (χ0v) is 12.1. The lowest BCUT2D eigenvalue weighted by molar-refractivity contribution is -0.136. The van der Waals surface area contributed by atoms with Gasteiger partial charge >= 0.3 is 0 Å². The standard InChI is InChI=1S/C17H29N/c1-11(18-2)17(4-3-5-17)16-14-7-12-6-13(9-14)10-15(16)8-12/h11-16,18H,3-10H2,1-2H3. The van der Waals surface area contributed by atoms with E-state index in [0.29, 0.717) is 5.41 Å². The van der Waals surface area contributed by atoms with E-state index in [0.717, 1.165) is 35.6 Å².